The molecule has 1 saturated carbocycles. The number of pyridine rings is 1. The third-order valence-corrected chi connectivity index (χ3v) is 5.01. The number of nitrogens with one attached hydrogen (secondary N) is 2. The molecule has 0 aromatic carbocycles. The van der Waals surface area contributed by atoms with Crippen molar-refractivity contribution in [2.24, 2.45) is 16.4 Å². The van der Waals surface area contributed by atoms with Gasteiger partial charge in [0.15, 0.2) is 0 Å². The Hall–Kier alpha value is -2.57. The van der Waals surface area contributed by atoms with E-state index in [1.54, 1.807) is 25.3 Å². The fourth-order valence-corrected chi connectivity index (χ4v) is 3.46. The highest BCUT2D eigenvalue weighted by Gasteiger charge is 2.33. The van der Waals surface area contributed by atoms with E-state index in [2.05, 4.69) is 20.8 Å². The second kappa shape index (κ2) is 10.3. The molecular weight excluding hydrogens is 368 g/mol. The molecule has 7 heteroatoms. The van der Waals surface area contributed by atoms with Gasteiger partial charge >= 0.3 is 5.91 Å². The van der Waals surface area contributed by atoms with Crippen LogP contribution in [-0.2, 0) is 14.4 Å². The number of carbonyl (C=O) groups excluding carboxylic acids is 3. The SMILES string of the molecule is CC(=NNC(=O)C(=O)C(CC(C)(C)C)NC(=O)C1CCCCC1)c1ccccn1. The van der Waals surface area contributed by atoms with Crippen LogP contribution in [0.5, 0.6) is 0 Å². The van der Waals surface area contributed by atoms with Gasteiger partial charge in [-0.25, -0.2) is 5.43 Å². The number of rotatable bonds is 7. The summed E-state index contributed by atoms with van der Waals surface area (Å²) >= 11 is 0. The number of nitrogens with zero attached hydrogens (tertiary/aromatic N) is 2. The summed E-state index contributed by atoms with van der Waals surface area (Å²) < 4.78 is 0. The van der Waals surface area contributed by atoms with E-state index in [0.29, 0.717) is 17.8 Å². The van der Waals surface area contributed by atoms with Crippen molar-refractivity contribution in [3.63, 3.8) is 0 Å². The van der Waals surface area contributed by atoms with Crippen LogP contribution >= 0.6 is 0 Å². The Labute approximate surface area is 172 Å². The fraction of sp³-hybridized carbons (Fsp3) is 0.591. The molecule has 29 heavy (non-hydrogen) atoms. The molecule has 7 nitrogen and oxygen atoms in total. The van der Waals surface area contributed by atoms with Gasteiger partial charge in [-0.1, -0.05) is 46.1 Å². The van der Waals surface area contributed by atoms with Gasteiger partial charge in [-0.15, -0.1) is 0 Å². The van der Waals surface area contributed by atoms with Gasteiger partial charge in [-0.3, -0.25) is 19.4 Å². The van der Waals surface area contributed by atoms with Gasteiger partial charge in [0.25, 0.3) is 0 Å². The van der Waals surface area contributed by atoms with Crippen molar-refractivity contribution < 1.29 is 14.4 Å². The number of aromatic nitrogens is 1. The van der Waals surface area contributed by atoms with E-state index in [4.69, 9.17) is 0 Å². The lowest BCUT2D eigenvalue weighted by Gasteiger charge is -2.28. The van der Waals surface area contributed by atoms with Gasteiger partial charge in [0.05, 0.1) is 17.4 Å². The summed E-state index contributed by atoms with van der Waals surface area (Å²) in [5, 5.41) is 6.82. The minimum atomic E-state index is -0.866. The third-order valence-electron chi connectivity index (χ3n) is 5.01. The maximum absolute atomic E-state index is 12.8. The monoisotopic (exact) mass is 400 g/mol. The molecule has 2 amide bonds. The molecule has 1 aliphatic rings. The van der Waals surface area contributed by atoms with E-state index in [0.717, 1.165) is 32.1 Å². The topological polar surface area (TPSA) is 101 Å². The first-order valence-corrected chi connectivity index (χ1v) is 10.3. The highest BCUT2D eigenvalue weighted by atomic mass is 16.2. The molecule has 1 heterocycles. The minimum absolute atomic E-state index is 0.0773. The van der Waals surface area contributed by atoms with E-state index in [1.165, 1.54) is 0 Å². The first kappa shape index (κ1) is 22.7. The quantitative estimate of drug-likeness (QED) is 0.417. The van der Waals surface area contributed by atoms with Gasteiger partial charge in [0, 0.05) is 12.1 Å². The molecule has 1 aliphatic carbocycles. The van der Waals surface area contributed by atoms with Crippen LogP contribution in [0.25, 0.3) is 0 Å². The van der Waals surface area contributed by atoms with Gasteiger partial charge < -0.3 is 5.32 Å². The normalized spacial score (nSPS) is 16.8. The highest BCUT2D eigenvalue weighted by molar-refractivity contribution is 6.38. The van der Waals surface area contributed by atoms with Crippen molar-refractivity contribution >= 4 is 23.3 Å². The van der Waals surface area contributed by atoms with Gasteiger partial charge in [-0.2, -0.15) is 5.10 Å². The van der Waals surface area contributed by atoms with Crippen LogP contribution in [0.15, 0.2) is 29.5 Å². The van der Waals surface area contributed by atoms with Crippen LogP contribution in [0.3, 0.4) is 0 Å². The van der Waals surface area contributed by atoms with Crippen LogP contribution in [-0.4, -0.2) is 34.3 Å². The average molecular weight is 401 g/mol. The van der Waals surface area contributed by atoms with Crippen LogP contribution in [0.2, 0.25) is 0 Å². The molecule has 0 aliphatic heterocycles. The zero-order chi connectivity index (χ0) is 21.4. The standard InChI is InChI=1S/C22H32N4O3/c1-15(17-12-8-9-13-23-17)25-26-21(29)19(27)18(14-22(2,3)4)24-20(28)16-10-6-5-7-11-16/h8-9,12-13,16,18H,5-7,10-11,14H2,1-4H3,(H,24,28)(H,26,29). The maximum Gasteiger partial charge on any atom is 0.309 e. The van der Waals surface area contributed by atoms with E-state index in [1.807, 2.05) is 26.8 Å². The molecule has 1 atom stereocenters. The van der Waals surface area contributed by atoms with Crippen molar-refractivity contribution in [3.8, 4) is 0 Å². The molecule has 1 fully saturated rings. The smallest absolute Gasteiger partial charge is 0.309 e. The number of carbonyl (C=O) groups is 3. The lowest BCUT2D eigenvalue weighted by Crippen LogP contribution is -2.50. The molecule has 0 spiro atoms. The second-order valence-electron chi connectivity index (χ2n) is 8.88. The summed E-state index contributed by atoms with van der Waals surface area (Å²) in [6.07, 6.45) is 6.87. The van der Waals surface area contributed by atoms with E-state index in [-0.39, 0.29) is 17.2 Å². The largest absolute Gasteiger partial charge is 0.345 e. The first-order chi connectivity index (χ1) is 13.7. The van der Waals surface area contributed by atoms with E-state index < -0.39 is 17.7 Å². The lowest BCUT2D eigenvalue weighted by atomic mass is 9.85. The maximum atomic E-state index is 12.8. The van der Waals surface area contributed by atoms with Crippen molar-refractivity contribution in [2.45, 2.75) is 72.3 Å². The van der Waals surface area contributed by atoms with Gasteiger partial charge in [0.2, 0.25) is 11.7 Å². The van der Waals surface area contributed by atoms with Crippen molar-refractivity contribution in [1.82, 2.24) is 15.7 Å². The molecule has 2 N–H and O–H groups in total. The zero-order valence-electron chi connectivity index (χ0n) is 17.8. The predicted octanol–water partition coefficient (Wildman–Crippen LogP) is 2.99. The number of hydrogen-bond acceptors (Lipinski definition) is 5. The highest BCUT2D eigenvalue weighted by Crippen LogP contribution is 2.25. The summed E-state index contributed by atoms with van der Waals surface area (Å²) in [7, 11) is 0. The van der Waals surface area contributed by atoms with Crippen LogP contribution in [0.4, 0.5) is 0 Å². The molecule has 158 valence electrons. The van der Waals surface area contributed by atoms with Crippen LogP contribution < -0.4 is 10.7 Å². The van der Waals surface area contributed by atoms with E-state index in [9.17, 15) is 14.4 Å². The lowest BCUT2D eigenvalue weighted by molar-refractivity contribution is -0.141. The average Bonchev–Trinajstić information content (AvgIpc) is 2.71. The molecule has 0 radical (unpaired) electrons. The van der Waals surface area contributed by atoms with Crippen molar-refractivity contribution in [1.29, 1.82) is 0 Å². The third kappa shape index (κ3) is 7.40. The summed E-state index contributed by atoms with van der Waals surface area (Å²) in [6.45, 7) is 7.62. The summed E-state index contributed by atoms with van der Waals surface area (Å²) in [5.41, 5.74) is 3.18. The number of hydrogen-bond donors (Lipinski definition) is 2. The van der Waals surface area contributed by atoms with Gasteiger partial charge in [-0.05, 0) is 43.7 Å². The Morgan fingerprint density at radius 1 is 1.17 bits per heavy atom. The molecule has 0 bridgehead atoms. The van der Waals surface area contributed by atoms with Crippen LogP contribution in [0.1, 0.15) is 71.9 Å². The number of Topliss-reactive ketones (excluding diaryl/α,β-unsaturated/α-hetero) is 1. The molecule has 1 aromatic rings. The molecule has 2 rings (SSSR count). The van der Waals surface area contributed by atoms with Crippen molar-refractivity contribution in [2.75, 3.05) is 0 Å². The Bertz CT molecular complexity index is 747. The molecular formula is C22H32N4O3. The molecule has 0 saturated heterocycles. The molecule has 1 unspecified atom stereocenters. The Kier molecular flexibility index (Phi) is 8.05. The van der Waals surface area contributed by atoms with Crippen molar-refractivity contribution in [3.05, 3.63) is 30.1 Å². The first-order valence-electron chi connectivity index (χ1n) is 10.3. The fourth-order valence-electron chi connectivity index (χ4n) is 3.46. The van der Waals surface area contributed by atoms with E-state index >= 15 is 0 Å². The number of ketones is 1. The summed E-state index contributed by atoms with van der Waals surface area (Å²) in [4.78, 5) is 42.0. The Balaban J connectivity index is 2.05. The molecule has 1 aromatic heterocycles. The van der Waals surface area contributed by atoms with Gasteiger partial charge in [0.1, 0.15) is 0 Å². The second-order valence-corrected chi connectivity index (χ2v) is 8.88. The van der Waals surface area contributed by atoms with Crippen LogP contribution in [0, 0.1) is 11.3 Å². The predicted molar refractivity (Wildman–Crippen MR) is 112 cm³/mol. The number of amides is 2. The summed E-state index contributed by atoms with van der Waals surface area (Å²) in [5.74, 6) is -1.72. The zero-order valence-corrected chi connectivity index (χ0v) is 17.8. The Morgan fingerprint density at radius 3 is 2.45 bits per heavy atom. The Morgan fingerprint density at radius 2 is 1.86 bits per heavy atom. The number of hydrazone groups is 1. The minimum Gasteiger partial charge on any atom is -0.345 e. The summed E-state index contributed by atoms with van der Waals surface area (Å²) in [6, 6.07) is 4.49.